The minimum absolute atomic E-state index is 0.234. The molecule has 0 saturated carbocycles. The lowest BCUT2D eigenvalue weighted by Gasteiger charge is -2.07. The number of aryl methyl sites for hydroxylation is 1. The predicted molar refractivity (Wildman–Crippen MR) is 69.1 cm³/mol. The molecular weight excluding hydrogens is 268 g/mol. The van der Waals surface area contributed by atoms with Gasteiger partial charge in [0.15, 0.2) is 11.5 Å². The van der Waals surface area contributed by atoms with Crippen LogP contribution in [0.1, 0.15) is 12.7 Å². The highest BCUT2D eigenvalue weighted by molar-refractivity contribution is 6.29. The summed E-state index contributed by atoms with van der Waals surface area (Å²) in [6.45, 7) is 2.19. The summed E-state index contributed by atoms with van der Waals surface area (Å²) >= 11 is 5.91. The molecule has 1 aromatic heterocycles. The molecule has 1 aliphatic heterocycles. The fraction of sp³-hybridized carbons (Fsp3) is 0.231. The first-order valence-electron chi connectivity index (χ1n) is 5.85. The second-order valence-corrected chi connectivity index (χ2v) is 4.30. The van der Waals surface area contributed by atoms with E-state index in [1.165, 1.54) is 0 Å². The van der Waals surface area contributed by atoms with Gasteiger partial charge >= 0.3 is 0 Å². The number of halogens is 1. The number of aromatic nitrogens is 2. The summed E-state index contributed by atoms with van der Waals surface area (Å²) in [6, 6.07) is 6.91. The first-order chi connectivity index (χ1) is 9.24. The summed E-state index contributed by atoms with van der Waals surface area (Å²) in [4.78, 5) is 8.33. The number of ether oxygens (including phenoxy) is 3. The van der Waals surface area contributed by atoms with Crippen molar-refractivity contribution < 1.29 is 14.2 Å². The van der Waals surface area contributed by atoms with E-state index in [0.29, 0.717) is 40.5 Å². The van der Waals surface area contributed by atoms with E-state index in [4.69, 9.17) is 25.8 Å². The average Bonchev–Trinajstić information content (AvgIpc) is 2.85. The Kier molecular flexibility index (Phi) is 3.13. The summed E-state index contributed by atoms with van der Waals surface area (Å²) in [6.07, 6.45) is 0.693. The van der Waals surface area contributed by atoms with E-state index in [9.17, 15) is 0 Å². The summed E-state index contributed by atoms with van der Waals surface area (Å²) in [5.74, 6) is 3.04. The zero-order chi connectivity index (χ0) is 13.2. The van der Waals surface area contributed by atoms with E-state index in [-0.39, 0.29) is 6.79 Å². The number of hydrogen-bond acceptors (Lipinski definition) is 5. The van der Waals surface area contributed by atoms with Crippen molar-refractivity contribution in [1.29, 1.82) is 0 Å². The second kappa shape index (κ2) is 4.93. The standard InChI is InChI=1S/C13H11ClN2O3/c1-2-12-15-11(14)6-13(16-12)19-8-3-4-9-10(5-8)18-7-17-9/h3-6H,2,7H2,1H3. The molecule has 0 spiro atoms. The predicted octanol–water partition coefficient (Wildman–Crippen LogP) is 3.21. The Morgan fingerprint density at radius 1 is 1.21 bits per heavy atom. The normalized spacial score (nSPS) is 12.5. The van der Waals surface area contributed by atoms with Crippen molar-refractivity contribution in [3.63, 3.8) is 0 Å². The summed E-state index contributed by atoms with van der Waals surface area (Å²) in [5.41, 5.74) is 0. The third kappa shape index (κ3) is 2.56. The lowest BCUT2D eigenvalue weighted by atomic mass is 10.3. The van der Waals surface area contributed by atoms with Gasteiger partial charge in [0.1, 0.15) is 16.7 Å². The van der Waals surface area contributed by atoms with Crippen LogP contribution >= 0.6 is 11.6 Å². The van der Waals surface area contributed by atoms with Crippen LogP contribution in [-0.4, -0.2) is 16.8 Å². The van der Waals surface area contributed by atoms with Crippen LogP contribution in [0, 0.1) is 0 Å². The Hall–Kier alpha value is -2.01. The highest BCUT2D eigenvalue weighted by atomic mass is 35.5. The van der Waals surface area contributed by atoms with E-state index in [1.807, 2.05) is 6.92 Å². The van der Waals surface area contributed by atoms with Crippen LogP contribution < -0.4 is 14.2 Å². The molecule has 0 N–H and O–H groups in total. The van der Waals surface area contributed by atoms with Crippen LogP contribution in [0.3, 0.4) is 0 Å². The molecule has 0 fully saturated rings. The summed E-state index contributed by atoms with van der Waals surface area (Å²) in [7, 11) is 0. The lowest BCUT2D eigenvalue weighted by Crippen LogP contribution is -1.96. The van der Waals surface area contributed by atoms with E-state index >= 15 is 0 Å². The molecule has 1 aromatic carbocycles. The zero-order valence-electron chi connectivity index (χ0n) is 10.2. The van der Waals surface area contributed by atoms with Crippen LogP contribution in [0.2, 0.25) is 5.15 Å². The monoisotopic (exact) mass is 278 g/mol. The highest BCUT2D eigenvalue weighted by Gasteiger charge is 2.14. The van der Waals surface area contributed by atoms with E-state index < -0.39 is 0 Å². The Morgan fingerprint density at radius 2 is 2.05 bits per heavy atom. The molecule has 2 heterocycles. The zero-order valence-corrected chi connectivity index (χ0v) is 11.0. The Labute approximate surface area is 115 Å². The van der Waals surface area contributed by atoms with Crippen LogP contribution in [0.15, 0.2) is 24.3 Å². The van der Waals surface area contributed by atoms with Crippen molar-refractivity contribution in [1.82, 2.24) is 9.97 Å². The first kappa shape index (κ1) is 12.0. The largest absolute Gasteiger partial charge is 0.454 e. The Bertz CT molecular complexity index is 619. The van der Waals surface area contributed by atoms with Gasteiger partial charge in [-0.3, -0.25) is 0 Å². The van der Waals surface area contributed by atoms with Crippen molar-refractivity contribution in [2.75, 3.05) is 6.79 Å². The van der Waals surface area contributed by atoms with E-state index in [2.05, 4.69) is 9.97 Å². The highest BCUT2D eigenvalue weighted by Crippen LogP contribution is 2.36. The maximum Gasteiger partial charge on any atom is 0.231 e. The molecule has 0 aliphatic carbocycles. The quantitative estimate of drug-likeness (QED) is 0.807. The molecule has 0 saturated heterocycles. The molecule has 0 atom stereocenters. The van der Waals surface area contributed by atoms with Crippen LogP contribution in [0.5, 0.6) is 23.1 Å². The van der Waals surface area contributed by atoms with Gasteiger partial charge in [0.05, 0.1) is 0 Å². The van der Waals surface area contributed by atoms with Crippen molar-refractivity contribution in [2.24, 2.45) is 0 Å². The van der Waals surface area contributed by atoms with Crippen molar-refractivity contribution in [2.45, 2.75) is 13.3 Å². The van der Waals surface area contributed by atoms with Gasteiger partial charge in [-0.05, 0) is 12.1 Å². The number of benzene rings is 1. The van der Waals surface area contributed by atoms with Crippen LogP contribution in [-0.2, 0) is 6.42 Å². The maximum atomic E-state index is 5.91. The molecule has 0 radical (unpaired) electrons. The van der Waals surface area contributed by atoms with Gasteiger partial charge in [-0.1, -0.05) is 18.5 Å². The second-order valence-electron chi connectivity index (χ2n) is 3.92. The minimum Gasteiger partial charge on any atom is -0.454 e. The first-order valence-corrected chi connectivity index (χ1v) is 6.23. The van der Waals surface area contributed by atoms with Crippen LogP contribution in [0.4, 0.5) is 0 Å². The van der Waals surface area contributed by atoms with Gasteiger partial charge in [0.2, 0.25) is 12.7 Å². The number of nitrogens with zero attached hydrogens (tertiary/aromatic N) is 2. The lowest BCUT2D eigenvalue weighted by molar-refractivity contribution is 0.174. The van der Waals surface area contributed by atoms with E-state index in [0.717, 1.165) is 0 Å². The average molecular weight is 279 g/mol. The molecule has 3 rings (SSSR count). The molecular formula is C13H11ClN2O3. The van der Waals surface area contributed by atoms with Crippen molar-refractivity contribution >= 4 is 11.6 Å². The topological polar surface area (TPSA) is 53.5 Å². The minimum atomic E-state index is 0.234. The molecule has 98 valence electrons. The van der Waals surface area contributed by atoms with Gasteiger partial charge < -0.3 is 14.2 Å². The van der Waals surface area contributed by atoms with Gasteiger partial charge in [-0.25, -0.2) is 4.98 Å². The molecule has 0 unspecified atom stereocenters. The van der Waals surface area contributed by atoms with Crippen molar-refractivity contribution in [3.8, 4) is 23.1 Å². The van der Waals surface area contributed by atoms with Gasteiger partial charge in [0, 0.05) is 18.6 Å². The SMILES string of the molecule is CCc1nc(Cl)cc(Oc2ccc3c(c2)OCO3)n1. The summed E-state index contributed by atoms with van der Waals surface area (Å²) < 4.78 is 16.2. The molecule has 6 heteroatoms. The molecule has 0 amide bonds. The molecule has 5 nitrogen and oxygen atoms in total. The number of fused-ring (bicyclic) bond motifs is 1. The molecule has 19 heavy (non-hydrogen) atoms. The number of hydrogen-bond donors (Lipinski definition) is 0. The van der Waals surface area contributed by atoms with E-state index in [1.54, 1.807) is 24.3 Å². The third-order valence-electron chi connectivity index (χ3n) is 2.60. The smallest absolute Gasteiger partial charge is 0.231 e. The molecule has 2 aromatic rings. The van der Waals surface area contributed by atoms with Gasteiger partial charge in [0.25, 0.3) is 0 Å². The Morgan fingerprint density at radius 3 is 2.89 bits per heavy atom. The third-order valence-corrected chi connectivity index (χ3v) is 2.79. The molecule has 1 aliphatic rings. The molecule has 0 bridgehead atoms. The summed E-state index contributed by atoms with van der Waals surface area (Å²) in [5, 5.41) is 0.364. The van der Waals surface area contributed by atoms with Crippen molar-refractivity contribution in [3.05, 3.63) is 35.2 Å². The van der Waals surface area contributed by atoms with Gasteiger partial charge in [-0.2, -0.15) is 4.98 Å². The fourth-order valence-electron chi connectivity index (χ4n) is 1.71. The number of rotatable bonds is 3. The van der Waals surface area contributed by atoms with Gasteiger partial charge in [-0.15, -0.1) is 0 Å². The van der Waals surface area contributed by atoms with Crippen LogP contribution in [0.25, 0.3) is 0 Å². The fourth-order valence-corrected chi connectivity index (χ4v) is 1.90. The maximum absolute atomic E-state index is 5.91. The Balaban J connectivity index is 1.86.